The third kappa shape index (κ3) is 6.55. The van der Waals surface area contributed by atoms with Crippen LogP contribution in [0.3, 0.4) is 0 Å². The average molecular weight is 896 g/mol. The molecule has 13 aromatic rings. The lowest BCUT2D eigenvalue weighted by Crippen LogP contribution is -1.91. The first-order valence-electron chi connectivity index (χ1n) is 34.1. The van der Waals surface area contributed by atoms with Crippen LogP contribution < -0.4 is 0 Å². The largest absolute Gasteiger partial charge is 0.254 e. The Labute approximate surface area is 430 Å². The second-order valence-electron chi connectivity index (χ2n) is 15.1. The Balaban J connectivity index is 1.27. The maximum atomic E-state index is 10.4. The van der Waals surface area contributed by atoms with Crippen LogP contribution in [0, 0.1) is 0 Å². The van der Waals surface area contributed by atoms with Crippen LogP contribution >= 0.6 is 11.3 Å². The molecular formula is C64H40N2S. The molecule has 0 fully saturated rings. The summed E-state index contributed by atoms with van der Waals surface area (Å²) in [5.41, 5.74) is -3.81. The van der Waals surface area contributed by atoms with Gasteiger partial charge in [-0.25, -0.2) is 4.98 Å². The molecule has 0 unspecified atom stereocenters. The van der Waals surface area contributed by atoms with Gasteiger partial charge in [0.2, 0.25) is 0 Å². The van der Waals surface area contributed by atoms with Crippen molar-refractivity contribution in [1.82, 2.24) is 9.97 Å². The van der Waals surface area contributed by atoms with Gasteiger partial charge in [0.05, 0.1) is 53.7 Å². The standard InChI is InChI=1S/C64H40N2S/c1-4-18-41(19-5-1)57-52-29-12-14-31-54(52)60(55-32-15-13-30-53(55)57)64-59(43-22-8-3-9-23-43)58(42-20-6-2-7-21-42)63(67-64)47-25-16-24-46(40-47)48-36-37-51(50-28-11-10-27-49(48)50)56-38-35-45-34-33-44-26-17-39-65-61(44)62(45)66-56/h1-40H/i1D,2D,3D,4D,5D,6D,7D,8D,9D,12D,13D,14D,15D,16D,18D,19D,20D,21D,22D,23D,24D,25D,29D,30D,31D,32D,40D. The zero-order valence-electron chi connectivity index (χ0n) is 61.3. The SMILES string of the molecule is [2H]c1c([2H])c([2H])c(-c2c(-c3c([2H])c([2H])c([2H])c(-c4ccc(-c5ccc6ccc7cccnc7c6n5)c5ccccc45)c3[2H])sc(-c3c4c([2H])c([2H])c([2H])c([2H])c4c(-c4c([2H])c([2H])c([2H])c([2H])c4[2H])c4c([2H])c([2H])c([2H])c([2H])c34)c2-c2c([2H])c([2H])c([2H])c([2H])c2[2H])c([2H])c1[2H]. The zero-order chi connectivity index (χ0) is 67.8. The highest BCUT2D eigenvalue weighted by molar-refractivity contribution is 7.20. The van der Waals surface area contributed by atoms with Crippen molar-refractivity contribution in [2.75, 3.05) is 0 Å². The predicted octanol–water partition coefficient (Wildman–Crippen LogP) is 18.0. The van der Waals surface area contributed by atoms with Crippen LogP contribution in [0.1, 0.15) is 37.0 Å². The maximum Gasteiger partial charge on any atom is 0.0972 e. The number of rotatable bonds is 7. The summed E-state index contributed by atoms with van der Waals surface area (Å²) in [4.78, 5) is 8.50. The highest BCUT2D eigenvalue weighted by Gasteiger charge is 2.27. The molecule has 0 aliphatic rings. The average Bonchev–Trinajstić information content (AvgIpc) is 1.23. The summed E-state index contributed by atoms with van der Waals surface area (Å²) in [5, 5.41) is -0.391. The zero-order valence-corrected chi connectivity index (χ0v) is 35.1. The molecule has 10 aromatic carbocycles. The van der Waals surface area contributed by atoms with Crippen LogP contribution in [0.4, 0.5) is 0 Å². The van der Waals surface area contributed by atoms with Gasteiger partial charge in [-0.3, -0.25) is 4.98 Å². The number of pyridine rings is 2. The van der Waals surface area contributed by atoms with E-state index in [0.29, 0.717) is 44.4 Å². The smallest absolute Gasteiger partial charge is 0.0972 e. The van der Waals surface area contributed by atoms with E-state index in [0.717, 1.165) is 10.8 Å². The van der Waals surface area contributed by atoms with Crippen molar-refractivity contribution >= 4 is 65.5 Å². The van der Waals surface area contributed by atoms with Crippen molar-refractivity contribution in [3.05, 3.63) is 242 Å². The van der Waals surface area contributed by atoms with Gasteiger partial charge in [-0.1, -0.05) is 218 Å². The molecule has 0 amide bonds. The molecule has 0 spiro atoms. The molecule has 312 valence electrons. The van der Waals surface area contributed by atoms with Gasteiger partial charge in [-0.2, -0.15) is 0 Å². The Bertz CT molecular complexity index is 5500. The summed E-state index contributed by atoms with van der Waals surface area (Å²) in [7, 11) is 0. The van der Waals surface area contributed by atoms with E-state index in [2.05, 4.69) is 4.98 Å². The normalized spacial score (nSPS) is 17.2. The Hall–Kier alpha value is -8.50. The van der Waals surface area contributed by atoms with Crippen molar-refractivity contribution in [2.24, 2.45) is 0 Å². The molecule has 2 nitrogen and oxygen atoms in total. The van der Waals surface area contributed by atoms with Crippen molar-refractivity contribution < 1.29 is 37.0 Å². The fourth-order valence-electron chi connectivity index (χ4n) is 8.69. The summed E-state index contributed by atoms with van der Waals surface area (Å²) < 4.78 is 252. The minimum Gasteiger partial charge on any atom is -0.254 e. The molecule has 0 radical (unpaired) electrons. The second kappa shape index (κ2) is 16.2. The summed E-state index contributed by atoms with van der Waals surface area (Å²) in [5.74, 6) is 0. The molecule has 0 atom stereocenters. The predicted molar refractivity (Wildman–Crippen MR) is 285 cm³/mol. The third-order valence-corrected chi connectivity index (χ3v) is 12.7. The van der Waals surface area contributed by atoms with Gasteiger partial charge in [-0.15, -0.1) is 11.3 Å². The van der Waals surface area contributed by atoms with Gasteiger partial charge in [0.1, 0.15) is 0 Å². The summed E-state index contributed by atoms with van der Waals surface area (Å²) in [6.07, 6.45) is 1.65. The molecular weight excluding hydrogens is 829 g/mol. The van der Waals surface area contributed by atoms with E-state index < -0.39 is 239 Å². The Morgan fingerprint density at radius 3 is 1.48 bits per heavy atom. The molecule has 0 saturated carbocycles. The van der Waals surface area contributed by atoms with E-state index in [4.69, 9.17) is 20.1 Å². The van der Waals surface area contributed by atoms with Crippen LogP contribution in [0.25, 0.3) is 131 Å². The van der Waals surface area contributed by atoms with Crippen LogP contribution in [0.15, 0.2) is 242 Å². The molecule has 3 heteroatoms. The fraction of sp³-hybridized carbons (Fsp3) is 0. The van der Waals surface area contributed by atoms with Gasteiger partial charge in [0.25, 0.3) is 0 Å². The highest BCUT2D eigenvalue weighted by Crippen LogP contribution is 2.56. The minimum absolute atomic E-state index is 0.135. The van der Waals surface area contributed by atoms with E-state index in [1.807, 2.05) is 30.3 Å². The number of fused-ring (bicyclic) bond motifs is 6. The summed E-state index contributed by atoms with van der Waals surface area (Å²) in [6.45, 7) is 0. The number of aromatic nitrogens is 2. The van der Waals surface area contributed by atoms with Crippen LogP contribution in [-0.2, 0) is 0 Å². The Morgan fingerprint density at radius 2 is 0.836 bits per heavy atom. The molecule has 0 aliphatic carbocycles. The topological polar surface area (TPSA) is 25.8 Å². The highest BCUT2D eigenvalue weighted by atomic mass is 32.1. The lowest BCUT2D eigenvalue weighted by molar-refractivity contribution is 1.37. The first-order chi connectivity index (χ1) is 44.5. The quantitative estimate of drug-likeness (QED) is 0.118. The van der Waals surface area contributed by atoms with Crippen molar-refractivity contribution in [2.45, 2.75) is 0 Å². The van der Waals surface area contributed by atoms with E-state index in [-0.39, 0.29) is 11.1 Å². The molecule has 3 aromatic heterocycles. The summed E-state index contributed by atoms with van der Waals surface area (Å²) in [6, 6.07) is -4.69. The summed E-state index contributed by atoms with van der Waals surface area (Å²) >= 11 is 0.360. The van der Waals surface area contributed by atoms with E-state index in [9.17, 15) is 21.9 Å². The molecule has 3 heterocycles. The molecule has 67 heavy (non-hydrogen) atoms. The molecule has 0 aliphatic heterocycles. The van der Waals surface area contributed by atoms with Crippen LogP contribution in [0.5, 0.6) is 0 Å². The molecule has 13 rings (SSSR count). The first kappa shape index (κ1) is 20.3. The fourth-order valence-corrected chi connectivity index (χ4v) is 10.0. The van der Waals surface area contributed by atoms with Gasteiger partial charge in [-0.05, 0) is 89.4 Å². The number of hydrogen-bond donors (Lipinski definition) is 0. The Kier molecular flexibility index (Phi) is 4.91. The van der Waals surface area contributed by atoms with Gasteiger partial charge in [0, 0.05) is 49.0 Å². The van der Waals surface area contributed by atoms with E-state index in [1.54, 1.807) is 48.7 Å². The second-order valence-corrected chi connectivity index (χ2v) is 16.1. The van der Waals surface area contributed by atoms with E-state index in [1.165, 1.54) is 0 Å². The minimum atomic E-state index is -1.05. The van der Waals surface area contributed by atoms with Gasteiger partial charge >= 0.3 is 0 Å². The van der Waals surface area contributed by atoms with Crippen LogP contribution in [-0.4, -0.2) is 9.97 Å². The Morgan fingerprint density at radius 1 is 0.343 bits per heavy atom. The number of thiophene rings is 1. The lowest BCUT2D eigenvalue weighted by Gasteiger charge is -2.18. The maximum absolute atomic E-state index is 10.4. The third-order valence-electron chi connectivity index (χ3n) is 11.5. The van der Waals surface area contributed by atoms with Crippen molar-refractivity contribution in [3.8, 4) is 76.6 Å². The monoisotopic (exact) mass is 895 g/mol. The number of nitrogens with zero attached hydrogens (tertiary/aromatic N) is 2. The first-order valence-corrected chi connectivity index (χ1v) is 21.4. The van der Waals surface area contributed by atoms with Gasteiger partial charge < -0.3 is 0 Å². The van der Waals surface area contributed by atoms with Crippen molar-refractivity contribution in [1.29, 1.82) is 0 Å². The van der Waals surface area contributed by atoms with Crippen molar-refractivity contribution in [3.63, 3.8) is 0 Å². The lowest BCUT2D eigenvalue weighted by atomic mass is 9.85. The number of hydrogen-bond acceptors (Lipinski definition) is 3. The molecule has 0 bridgehead atoms. The van der Waals surface area contributed by atoms with E-state index >= 15 is 0 Å². The number of benzene rings is 10. The molecule has 0 N–H and O–H groups in total. The van der Waals surface area contributed by atoms with Gasteiger partial charge in [0.15, 0.2) is 0 Å². The van der Waals surface area contributed by atoms with Crippen LogP contribution in [0.2, 0.25) is 0 Å². The molecule has 0 saturated heterocycles.